The second-order valence-electron chi connectivity index (χ2n) is 8.53. The van der Waals surface area contributed by atoms with Crippen molar-refractivity contribution < 1.29 is 19.0 Å². The molecule has 2 heterocycles. The Labute approximate surface area is 190 Å². The van der Waals surface area contributed by atoms with E-state index in [0.29, 0.717) is 18.1 Å². The predicted molar refractivity (Wildman–Crippen MR) is 120 cm³/mol. The molecule has 170 valence electrons. The second kappa shape index (κ2) is 8.27. The van der Waals surface area contributed by atoms with E-state index in [1.807, 2.05) is 41.4 Å². The Kier molecular flexibility index (Phi) is 5.28. The molecule has 0 radical (unpaired) electrons. The van der Waals surface area contributed by atoms with Gasteiger partial charge in [-0.25, -0.2) is 4.39 Å². The van der Waals surface area contributed by atoms with Crippen LogP contribution in [0.25, 0.3) is 0 Å². The van der Waals surface area contributed by atoms with Crippen LogP contribution in [0.1, 0.15) is 40.5 Å². The van der Waals surface area contributed by atoms with E-state index in [9.17, 15) is 14.7 Å². The molecule has 1 N–H and O–H groups in total. The maximum absolute atomic E-state index is 15.0. The molecule has 5 rings (SSSR count). The van der Waals surface area contributed by atoms with Crippen molar-refractivity contribution in [3.8, 4) is 11.5 Å². The van der Waals surface area contributed by atoms with E-state index in [1.54, 1.807) is 13.1 Å². The van der Waals surface area contributed by atoms with Crippen molar-refractivity contribution in [2.75, 3.05) is 25.3 Å². The van der Waals surface area contributed by atoms with E-state index in [2.05, 4.69) is 0 Å². The van der Waals surface area contributed by atoms with Crippen LogP contribution >= 0.6 is 0 Å². The number of carbonyl (C=O) groups excluding carboxylic acids is 1. The van der Waals surface area contributed by atoms with Gasteiger partial charge >= 0.3 is 0 Å². The molecule has 0 bridgehead atoms. The fourth-order valence-corrected chi connectivity index (χ4v) is 4.19. The third-order valence-electron chi connectivity index (χ3n) is 6.10. The van der Waals surface area contributed by atoms with Gasteiger partial charge in [0.1, 0.15) is 12.7 Å². The lowest BCUT2D eigenvalue weighted by Gasteiger charge is -2.43. The number of carbonyl (C=O) groups is 1. The molecule has 3 aromatic rings. The molecule has 0 saturated heterocycles. The van der Waals surface area contributed by atoms with E-state index in [4.69, 9.17) is 4.74 Å². The minimum Gasteiger partial charge on any atom is -0.502 e. The molecule has 8 heteroatoms. The zero-order chi connectivity index (χ0) is 23.1. The van der Waals surface area contributed by atoms with Gasteiger partial charge in [0.05, 0.1) is 6.61 Å². The van der Waals surface area contributed by atoms with Gasteiger partial charge in [0.15, 0.2) is 23.0 Å². The molecule has 33 heavy (non-hydrogen) atoms. The lowest BCUT2D eigenvalue weighted by molar-refractivity contribution is 0.0726. The van der Waals surface area contributed by atoms with Crippen LogP contribution < -0.4 is 15.2 Å². The molecule has 1 saturated carbocycles. The van der Waals surface area contributed by atoms with Gasteiger partial charge in [-0.15, -0.1) is 0 Å². The summed E-state index contributed by atoms with van der Waals surface area (Å²) in [4.78, 5) is 26.3. The summed E-state index contributed by atoms with van der Waals surface area (Å²) in [5.74, 6) is -0.940. The fraction of sp³-hybridized carbons (Fsp3) is 0.280. The summed E-state index contributed by atoms with van der Waals surface area (Å²) >= 11 is 0. The molecule has 0 spiro atoms. The number of amides is 1. The maximum atomic E-state index is 15.0. The summed E-state index contributed by atoms with van der Waals surface area (Å²) in [7, 11) is 1.59. The summed E-state index contributed by atoms with van der Waals surface area (Å²) in [5.41, 5.74) is 0.661. The Bertz CT molecular complexity index is 1260. The smallest absolute Gasteiger partial charge is 0.277 e. The number of pyridine rings is 1. The van der Waals surface area contributed by atoms with Crippen LogP contribution in [0.5, 0.6) is 11.5 Å². The first-order chi connectivity index (χ1) is 16.0. The number of para-hydroxylation sites is 1. The van der Waals surface area contributed by atoms with E-state index < -0.39 is 28.9 Å². The van der Waals surface area contributed by atoms with Gasteiger partial charge in [-0.1, -0.05) is 42.5 Å². The number of aromatic hydroxyl groups is 1. The second-order valence-corrected chi connectivity index (χ2v) is 8.53. The Morgan fingerprint density at radius 2 is 1.85 bits per heavy atom. The minimum atomic E-state index is -0.639. The predicted octanol–water partition coefficient (Wildman–Crippen LogP) is 3.25. The molecule has 1 atom stereocenters. The van der Waals surface area contributed by atoms with Crippen molar-refractivity contribution in [2.24, 2.45) is 5.92 Å². The van der Waals surface area contributed by atoms with Crippen molar-refractivity contribution in [1.29, 1.82) is 0 Å². The van der Waals surface area contributed by atoms with Crippen LogP contribution in [-0.4, -0.2) is 40.9 Å². The number of hydrogen-bond donors (Lipinski definition) is 1. The monoisotopic (exact) mass is 449 g/mol. The summed E-state index contributed by atoms with van der Waals surface area (Å²) in [6, 6.07) is 14.9. The van der Waals surface area contributed by atoms with Crippen molar-refractivity contribution in [1.82, 2.24) is 9.58 Å². The van der Waals surface area contributed by atoms with Crippen molar-refractivity contribution in [3.63, 3.8) is 0 Å². The first-order valence-corrected chi connectivity index (χ1v) is 10.9. The van der Waals surface area contributed by atoms with Gasteiger partial charge in [-0.2, -0.15) is 0 Å². The number of aromatic nitrogens is 1. The summed E-state index contributed by atoms with van der Waals surface area (Å²) in [6.45, 7) is 0.587. The van der Waals surface area contributed by atoms with Gasteiger partial charge in [0, 0.05) is 24.9 Å². The topological polar surface area (TPSA) is 75.0 Å². The first-order valence-electron chi connectivity index (χ1n) is 10.9. The number of hydrogen-bond acceptors (Lipinski definition) is 5. The zero-order valence-corrected chi connectivity index (χ0v) is 18.1. The molecule has 2 aromatic carbocycles. The largest absolute Gasteiger partial charge is 0.502 e. The van der Waals surface area contributed by atoms with Gasteiger partial charge < -0.3 is 14.7 Å². The maximum Gasteiger partial charge on any atom is 0.277 e. The third kappa shape index (κ3) is 3.82. The Hall–Kier alpha value is -3.81. The Balaban J connectivity index is 1.70. The molecule has 2 aliphatic rings. The summed E-state index contributed by atoms with van der Waals surface area (Å²) < 4.78 is 22.5. The molecule has 7 nitrogen and oxygen atoms in total. The van der Waals surface area contributed by atoms with Crippen LogP contribution in [0.2, 0.25) is 0 Å². The average molecular weight is 449 g/mol. The SMILES string of the molecule is CN1CN([C@H](c2ccccc2)c2cccc(F)c2OCC2CC2)n2ccc(=O)c(O)c2C1=O. The quantitative estimate of drug-likeness (QED) is 0.625. The van der Waals surface area contributed by atoms with Gasteiger partial charge in [-0.3, -0.25) is 19.3 Å². The molecule has 1 fully saturated rings. The van der Waals surface area contributed by atoms with E-state index >= 15 is 4.39 Å². The molecule has 1 aliphatic heterocycles. The van der Waals surface area contributed by atoms with Crippen LogP contribution in [0.3, 0.4) is 0 Å². The number of halogens is 1. The standard InChI is InChI=1S/C25H24FN3O4/c1-27-15-29(28-13-12-20(30)23(31)22(28)25(27)32)21(17-6-3-2-4-7-17)18-8-5-9-19(26)24(18)33-14-16-10-11-16/h2-9,12-13,16,21,31H,10-11,14-15H2,1H3/t21-/m1/s1. The van der Waals surface area contributed by atoms with E-state index in [-0.39, 0.29) is 18.1 Å². The lowest BCUT2D eigenvalue weighted by atomic mass is 9.96. The highest BCUT2D eigenvalue weighted by Gasteiger charge is 2.36. The highest BCUT2D eigenvalue weighted by atomic mass is 19.1. The lowest BCUT2D eigenvalue weighted by Crippen LogP contribution is -2.54. The van der Waals surface area contributed by atoms with Crippen molar-refractivity contribution >= 4 is 5.91 Å². The van der Waals surface area contributed by atoms with Crippen LogP contribution in [0, 0.1) is 11.7 Å². The Morgan fingerprint density at radius 1 is 1.09 bits per heavy atom. The van der Waals surface area contributed by atoms with Crippen LogP contribution in [-0.2, 0) is 0 Å². The minimum absolute atomic E-state index is 0.131. The molecule has 1 aromatic heterocycles. The van der Waals surface area contributed by atoms with Gasteiger partial charge in [-0.05, 0) is 30.4 Å². The summed E-state index contributed by atoms with van der Waals surface area (Å²) in [5, 5.41) is 12.2. The van der Waals surface area contributed by atoms with E-state index in [0.717, 1.165) is 18.4 Å². The number of rotatable bonds is 6. The highest BCUT2D eigenvalue weighted by molar-refractivity contribution is 5.96. The molecular weight excluding hydrogens is 425 g/mol. The first kappa shape index (κ1) is 21.1. The van der Waals surface area contributed by atoms with Crippen molar-refractivity contribution in [2.45, 2.75) is 18.9 Å². The molecular formula is C25H24FN3O4. The molecule has 0 unspecified atom stereocenters. The fourth-order valence-electron chi connectivity index (χ4n) is 4.19. The number of nitrogens with zero attached hydrogens (tertiary/aromatic N) is 3. The van der Waals surface area contributed by atoms with Crippen LogP contribution in [0.15, 0.2) is 65.6 Å². The number of fused-ring (bicyclic) bond motifs is 1. The number of ether oxygens (including phenoxy) is 1. The third-order valence-corrected chi connectivity index (χ3v) is 6.10. The van der Waals surface area contributed by atoms with Gasteiger partial charge in [0.2, 0.25) is 5.43 Å². The van der Waals surface area contributed by atoms with Gasteiger partial charge in [0.25, 0.3) is 5.91 Å². The Morgan fingerprint density at radius 3 is 2.58 bits per heavy atom. The molecule has 1 aliphatic carbocycles. The highest BCUT2D eigenvalue weighted by Crippen LogP contribution is 2.39. The average Bonchev–Trinajstić information content (AvgIpc) is 3.64. The van der Waals surface area contributed by atoms with Crippen molar-refractivity contribution in [3.05, 3.63) is 93.7 Å². The zero-order valence-electron chi connectivity index (χ0n) is 18.1. The van der Waals surface area contributed by atoms with Crippen LogP contribution in [0.4, 0.5) is 4.39 Å². The summed E-state index contributed by atoms with van der Waals surface area (Å²) in [6.07, 6.45) is 3.61. The normalized spacial score (nSPS) is 16.5. The molecule has 1 amide bonds. The van der Waals surface area contributed by atoms with E-state index in [1.165, 1.54) is 27.9 Å². The number of benzene rings is 2.